The Bertz CT molecular complexity index is 426. The number of hydrogen-bond acceptors (Lipinski definition) is 5. The van der Waals surface area contributed by atoms with Crippen LogP contribution < -0.4 is 0 Å². The van der Waals surface area contributed by atoms with Gasteiger partial charge in [-0.25, -0.2) is 4.79 Å². The maximum atomic E-state index is 11.6. The summed E-state index contributed by atoms with van der Waals surface area (Å²) in [6.45, 7) is 11.1. The largest absolute Gasteiger partial charge is 0.466 e. The maximum absolute atomic E-state index is 11.6. The van der Waals surface area contributed by atoms with Crippen molar-refractivity contribution in [2.75, 3.05) is 13.7 Å². The van der Waals surface area contributed by atoms with E-state index in [-0.39, 0.29) is 22.8 Å². The molecule has 0 aliphatic heterocycles. The third-order valence-corrected chi connectivity index (χ3v) is 4.64. The minimum Gasteiger partial charge on any atom is -0.466 e. The third kappa shape index (κ3) is 3.73. The smallest absolute Gasteiger partial charge is 0.333 e. The zero-order valence-electron chi connectivity index (χ0n) is 13.0. The quantitative estimate of drug-likeness (QED) is 0.371. The second-order valence-electron chi connectivity index (χ2n) is 6.45. The molecule has 1 saturated carbocycles. The lowest BCUT2D eigenvalue weighted by Gasteiger charge is -2.53. The lowest BCUT2D eigenvalue weighted by molar-refractivity contribution is -0.139. The molecule has 0 heterocycles. The Morgan fingerprint density at radius 2 is 1.90 bits per heavy atom. The van der Waals surface area contributed by atoms with E-state index in [0.717, 1.165) is 6.42 Å². The molecule has 1 fully saturated rings. The summed E-state index contributed by atoms with van der Waals surface area (Å²) in [5.74, 6) is -0.424. The van der Waals surface area contributed by atoms with E-state index in [1.165, 1.54) is 7.11 Å². The zero-order valence-corrected chi connectivity index (χ0v) is 13.0. The summed E-state index contributed by atoms with van der Waals surface area (Å²) in [6, 6.07) is 0. The first-order valence-corrected chi connectivity index (χ1v) is 7.08. The van der Waals surface area contributed by atoms with E-state index in [4.69, 9.17) is 9.84 Å². The molecule has 0 aromatic heterocycles. The van der Waals surface area contributed by atoms with Gasteiger partial charge >= 0.3 is 5.97 Å². The van der Waals surface area contributed by atoms with Crippen molar-refractivity contribution in [3.05, 3.63) is 24.3 Å². The first-order valence-electron chi connectivity index (χ1n) is 7.08. The predicted octanol–water partition coefficient (Wildman–Crippen LogP) is 1.04. The average Bonchev–Trinajstić information content (AvgIpc) is 2.46. The second kappa shape index (κ2) is 6.73. The van der Waals surface area contributed by atoms with E-state index in [0.29, 0.717) is 12.0 Å². The van der Waals surface area contributed by atoms with Crippen LogP contribution in [0.15, 0.2) is 24.3 Å². The van der Waals surface area contributed by atoms with Crippen LogP contribution >= 0.6 is 0 Å². The van der Waals surface area contributed by atoms with Gasteiger partial charge in [-0.2, -0.15) is 0 Å². The molecule has 0 saturated heterocycles. The number of hydrogen-bond donors (Lipinski definition) is 3. The molecule has 0 aromatic carbocycles. The normalized spacial score (nSPS) is 26.4. The van der Waals surface area contributed by atoms with Crippen molar-refractivity contribution in [2.45, 2.75) is 38.9 Å². The van der Waals surface area contributed by atoms with Crippen molar-refractivity contribution in [2.24, 2.45) is 17.3 Å². The molecule has 0 amide bonds. The molecule has 1 aliphatic rings. The minimum absolute atomic E-state index is 0.0347. The van der Waals surface area contributed by atoms with Gasteiger partial charge < -0.3 is 20.1 Å². The number of methoxy groups -OCH3 is 1. The molecule has 5 nitrogen and oxygen atoms in total. The Labute approximate surface area is 125 Å². The van der Waals surface area contributed by atoms with Crippen LogP contribution in [0.2, 0.25) is 0 Å². The maximum Gasteiger partial charge on any atom is 0.333 e. The molecule has 21 heavy (non-hydrogen) atoms. The van der Waals surface area contributed by atoms with Crippen molar-refractivity contribution in [1.82, 2.24) is 0 Å². The van der Waals surface area contributed by atoms with E-state index in [9.17, 15) is 15.0 Å². The average molecular weight is 298 g/mol. The van der Waals surface area contributed by atoms with Gasteiger partial charge in [-0.15, -0.1) is 0 Å². The number of carbonyl (C=O) groups is 1. The first-order chi connectivity index (χ1) is 9.65. The molecule has 1 aliphatic carbocycles. The Morgan fingerprint density at radius 1 is 1.33 bits per heavy atom. The highest BCUT2D eigenvalue weighted by Gasteiger charge is 2.50. The van der Waals surface area contributed by atoms with Crippen molar-refractivity contribution in [3.63, 3.8) is 0 Å². The van der Waals surface area contributed by atoms with E-state index in [1.54, 1.807) is 0 Å². The summed E-state index contributed by atoms with van der Waals surface area (Å²) < 4.78 is 4.70. The van der Waals surface area contributed by atoms with Gasteiger partial charge in [0.2, 0.25) is 0 Å². The third-order valence-electron chi connectivity index (χ3n) is 4.64. The van der Waals surface area contributed by atoms with Crippen LogP contribution in [0.1, 0.15) is 26.7 Å². The SMILES string of the molecule is C=C(C(O)CO)C(O)CC1C(C(=C)C(=O)OC)CC1(C)C. The fourth-order valence-corrected chi connectivity index (χ4v) is 3.11. The van der Waals surface area contributed by atoms with E-state index in [2.05, 4.69) is 27.0 Å². The van der Waals surface area contributed by atoms with Gasteiger partial charge in [-0.05, 0) is 35.7 Å². The van der Waals surface area contributed by atoms with Crippen molar-refractivity contribution >= 4 is 5.97 Å². The Hall–Kier alpha value is -1.17. The fourth-order valence-electron chi connectivity index (χ4n) is 3.11. The first kappa shape index (κ1) is 17.9. The summed E-state index contributed by atoms with van der Waals surface area (Å²) in [7, 11) is 1.32. The molecule has 4 atom stereocenters. The van der Waals surface area contributed by atoms with Crippen LogP contribution in [0.4, 0.5) is 0 Å². The molecule has 1 rings (SSSR count). The molecule has 4 unspecified atom stereocenters. The number of carbonyl (C=O) groups excluding carboxylic acids is 1. The summed E-state index contributed by atoms with van der Waals surface area (Å²) in [5.41, 5.74) is 0.581. The molecule has 120 valence electrons. The van der Waals surface area contributed by atoms with Crippen LogP contribution in [-0.2, 0) is 9.53 Å². The Morgan fingerprint density at radius 3 is 2.33 bits per heavy atom. The molecule has 0 bridgehead atoms. The summed E-state index contributed by atoms with van der Waals surface area (Å²) >= 11 is 0. The van der Waals surface area contributed by atoms with Gasteiger partial charge in [0.05, 0.1) is 19.8 Å². The molecular weight excluding hydrogens is 272 g/mol. The van der Waals surface area contributed by atoms with Crippen LogP contribution in [0.3, 0.4) is 0 Å². The standard InChI is InChI=1S/C16H26O5/c1-9(15(20)21-5)11-7-16(3,4)12(11)6-13(18)10(2)14(19)8-17/h11-14,17-19H,1-2,6-8H2,3-5H3. The van der Waals surface area contributed by atoms with E-state index < -0.39 is 24.8 Å². The molecule has 0 spiro atoms. The fraction of sp³-hybridized carbons (Fsp3) is 0.688. The van der Waals surface area contributed by atoms with Gasteiger partial charge in [0.1, 0.15) is 6.10 Å². The number of rotatable bonds is 7. The topological polar surface area (TPSA) is 87.0 Å². The van der Waals surface area contributed by atoms with E-state index in [1.807, 2.05) is 0 Å². The van der Waals surface area contributed by atoms with Gasteiger partial charge in [-0.1, -0.05) is 27.0 Å². The number of ether oxygens (including phenoxy) is 1. The van der Waals surface area contributed by atoms with Gasteiger partial charge in [-0.3, -0.25) is 0 Å². The van der Waals surface area contributed by atoms with Gasteiger partial charge in [0.15, 0.2) is 0 Å². The van der Waals surface area contributed by atoms with Crippen LogP contribution in [0.25, 0.3) is 0 Å². The molecule has 0 aromatic rings. The zero-order chi connectivity index (χ0) is 16.4. The highest BCUT2D eigenvalue weighted by molar-refractivity contribution is 5.88. The monoisotopic (exact) mass is 298 g/mol. The molecule has 5 heteroatoms. The second-order valence-corrected chi connectivity index (χ2v) is 6.45. The highest BCUT2D eigenvalue weighted by atomic mass is 16.5. The summed E-state index contributed by atoms with van der Waals surface area (Å²) in [5, 5.41) is 28.6. The van der Waals surface area contributed by atoms with E-state index >= 15 is 0 Å². The summed E-state index contributed by atoms with van der Waals surface area (Å²) in [4.78, 5) is 11.6. The van der Waals surface area contributed by atoms with Crippen molar-refractivity contribution < 1.29 is 24.9 Å². The highest BCUT2D eigenvalue weighted by Crippen LogP contribution is 2.55. The lowest BCUT2D eigenvalue weighted by Crippen LogP contribution is -2.47. The Kier molecular flexibility index (Phi) is 5.73. The van der Waals surface area contributed by atoms with Crippen LogP contribution in [0.5, 0.6) is 0 Å². The molecule has 3 N–H and O–H groups in total. The van der Waals surface area contributed by atoms with Crippen LogP contribution in [-0.4, -0.2) is 47.2 Å². The number of esters is 1. The van der Waals surface area contributed by atoms with Crippen LogP contribution in [0, 0.1) is 17.3 Å². The van der Waals surface area contributed by atoms with Crippen molar-refractivity contribution in [3.8, 4) is 0 Å². The Balaban J connectivity index is 2.76. The van der Waals surface area contributed by atoms with Gasteiger partial charge in [0, 0.05) is 5.57 Å². The van der Waals surface area contributed by atoms with Gasteiger partial charge in [0.25, 0.3) is 0 Å². The molecule has 0 radical (unpaired) electrons. The van der Waals surface area contributed by atoms with Crippen molar-refractivity contribution in [1.29, 1.82) is 0 Å². The number of aliphatic hydroxyl groups excluding tert-OH is 3. The lowest BCUT2D eigenvalue weighted by atomic mass is 9.52. The minimum atomic E-state index is -1.13. The molecular formula is C16H26O5. The number of aliphatic hydroxyl groups is 3. The predicted molar refractivity (Wildman–Crippen MR) is 79.4 cm³/mol. The summed E-state index contributed by atoms with van der Waals surface area (Å²) in [6.07, 6.45) is -0.896.